The molecule has 3 rings (SSSR count). The molecule has 1 aliphatic heterocycles. The van der Waals surface area contributed by atoms with Gasteiger partial charge in [0.15, 0.2) is 6.61 Å². The van der Waals surface area contributed by atoms with Crippen LogP contribution in [0.5, 0.6) is 0 Å². The van der Waals surface area contributed by atoms with E-state index < -0.39 is 33.4 Å². The van der Waals surface area contributed by atoms with Crippen LogP contribution in [0.3, 0.4) is 0 Å². The first-order valence-electron chi connectivity index (χ1n) is 11.4. The van der Waals surface area contributed by atoms with Crippen molar-refractivity contribution < 1.29 is 27.7 Å². The summed E-state index contributed by atoms with van der Waals surface area (Å²) in [6, 6.07) is 8.46. The van der Waals surface area contributed by atoms with Crippen LogP contribution < -0.4 is 10.2 Å². The molecule has 1 amide bonds. The van der Waals surface area contributed by atoms with E-state index in [0.717, 1.165) is 23.2 Å². The highest BCUT2D eigenvalue weighted by atomic mass is 32.2. The predicted octanol–water partition coefficient (Wildman–Crippen LogP) is 3.19. The van der Waals surface area contributed by atoms with Gasteiger partial charge in [0.1, 0.15) is 5.69 Å². The van der Waals surface area contributed by atoms with Crippen LogP contribution >= 0.6 is 0 Å². The van der Waals surface area contributed by atoms with E-state index >= 15 is 0 Å². The monoisotopic (exact) mass is 518 g/mol. The van der Waals surface area contributed by atoms with Gasteiger partial charge in [-0.05, 0) is 55.5 Å². The van der Waals surface area contributed by atoms with Gasteiger partial charge < -0.3 is 15.0 Å². The Labute approximate surface area is 210 Å². The van der Waals surface area contributed by atoms with Gasteiger partial charge in [-0.2, -0.15) is 0 Å². The number of aryl methyl sites for hydroxylation is 1. The van der Waals surface area contributed by atoms with Crippen LogP contribution in [0.1, 0.15) is 35.7 Å². The lowest BCUT2D eigenvalue weighted by atomic mass is 9.99. The van der Waals surface area contributed by atoms with Gasteiger partial charge in [-0.15, -0.1) is 0 Å². The molecule has 0 aliphatic carbocycles. The number of rotatable bonds is 8. The quantitative estimate of drug-likeness (QED) is 0.319. The standard InChI is InChI=1S/C24H30N4O7S/c1-16-6-5-11-27(14-16)21-10-8-18(12-22(21)28(31)32)24(30)35-15-23(29)25-20-13-19(9-7-17(20)2)36(33,34)26(3)4/h7-10,12-13,16H,5-6,11,14-15H2,1-4H3,(H,25,29). The summed E-state index contributed by atoms with van der Waals surface area (Å²) in [4.78, 5) is 38.0. The Kier molecular flexibility index (Phi) is 8.31. The summed E-state index contributed by atoms with van der Waals surface area (Å²) in [5.74, 6) is -1.15. The minimum Gasteiger partial charge on any atom is -0.452 e. The Morgan fingerprint density at radius 2 is 1.94 bits per heavy atom. The maximum Gasteiger partial charge on any atom is 0.338 e. The first kappa shape index (κ1) is 27.1. The fraction of sp³-hybridized carbons (Fsp3) is 0.417. The van der Waals surface area contributed by atoms with Gasteiger partial charge in [0.05, 0.1) is 15.4 Å². The van der Waals surface area contributed by atoms with Crippen molar-refractivity contribution in [3.8, 4) is 0 Å². The Hall–Kier alpha value is -3.51. The second-order valence-electron chi connectivity index (χ2n) is 9.04. The maximum atomic E-state index is 12.5. The number of hydrogen-bond acceptors (Lipinski definition) is 8. The molecule has 1 fully saturated rings. The molecule has 2 aromatic carbocycles. The zero-order chi connectivity index (χ0) is 26.6. The molecule has 1 saturated heterocycles. The van der Waals surface area contributed by atoms with Crippen LogP contribution in [0.25, 0.3) is 0 Å². The van der Waals surface area contributed by atoms with Gasteiger partial charge in [0.2, 0.25) is 10.0 Å². The van der Waals surface area contributed by atoms with Crippen molar-refractivity contribution in [2.45, 2.75) is 31.6 Å². The molecule has 12 heteroatoms. The van der Waals surface area contributed by atoms with Crippen molar-refractivity contribution in [1.82, 2.24) is 4.31 Å². The van der Waals surface area contributed by atoms with Gasteiger partial charge in [-0.25, -0.2) is 17.5 Å². The number of amides is 1. The summed E-state index contributed by atoms with van der Waals surface area (Å²) < 4.78 is 30.8. The minimum absolute atomic E-state index is 0.000827. The molecule has 1 unspecified atom stereocenters. The van der Waals surface area contributed by atoms with Crippen LogP contribution in [-0.2, 0) is 19.6 Å². The van der Waals surface area contributed by atoms with Crippen molar-refractivity contribution in [3.05, 3.63) is 57.6 Å². The van der Waals surface area contributed by atoms with E-state index in [1.54, 1.807) is 13.0 Å². The summed E-state index contributed by atoms with van der Waals surface area (Å²) in [6.45, 7) is 4.53. The van der Waals surface area contributed by atoms with Crippen LogP contribution in [-0.4, -0.2) is 63.3 Å². The van der Waals surface area contributed by atoms with Crippen molar-refractivity contribution in [1.29, 1.82) is 0 Å². The third-order valence-electron chi connectivity index (χ3n) is 6.00. The summed E-state index contributed by atoms with van der Waals surface area (Å²) in [7, 11) is -0.902. The van der Waals surface area contributed by atoms with Gasteiger partial charge in [0.25, 0.3) is 11.6 Å². The molecule has 0 spiro atoms. The molecule has 0 radical (unpaired) electrons. The molecule has 2 aromatic rings. The maximum absolute atomic E-state index is 12.5. The number of esters is 1. The molecule has 194 valence electrons. The topological polar surface area (TPSA) is 139 Å². The number of ether oxygens (including phenoxy) is 1. The highest BCUT2D eigenvalue weighted by Crippen LogP contribution is 2.32. The fourth-order valence-electron chi connectivity index (χ4n) is 3.98. The Bertz CT molecular complexity index is 1280. The number of anilines is 2. The van der Waals surface area contributed by atoms with E-state index in [2.05, 4.69) is 12.2 Å². The molecule has 1 N–H and O–H groups in total. The zero-order valence-corrected chi connectivity index (χ0v) is 21.5. The largest absolute Gasteiger partial charge is 0.452 e. The molecule has 0 bridgehead atoms. The number of nitro groups is 1. The zero-order valence-electron chi connectivity index (χ0n) is 20.7. The number of nitro benzene ring substituents is 1. The second kappa shape index (κ2) is 11.0. The normalized spacial score (nSPS) is 16.0. The van der Waals surface area contributed by atoms with E-state index in [1.807, 2.05) is 4.90 Å². The SMILES string of the molecule is Cc1ccc(S(=O)(=O)N(C)C)cc1NC(=O)COC(=O)c1ccc(N2CCCC(C)C2)c([N+](=O)[O-])c1. The van der Waals surface area contributed by atoms with E-state index in [-0.39, 0.29) is 21.8 Å². The highest BCUT2D eigenvalue weighted by molar-refractivity contribution is 7.89. The van der Waals surface area contributed by atoms with Gasteiger partial charge in [-0.1, -0.05) is 13.0 Å². The third kappa shape index (κ3) is 6.18. The Morgan fingerprint density at radius 3 is 2.58 bits per heavy atom. The number of sulfonamides is 1. The van der Waals surface area contributed by atoms with Gasteiger partial charge >= 0.3 is 5.97 Å². The molecule has 0 saturated carbocycles. The second-order valence-corrected chi connectivity index (χ2v) is 11.2. The van der Waals surface area contributed by atoms with E-state index in [1.165, 1.54) is 38.4 Å². The minimum atomic E-state index is -3.70. The lowest BCUT2D eigenvalue weighted by molar-refractivity contribution is -0.384. The molecular weight excluding hydrogens is 488 g/mol. The highest BCUT2D eigenvalue weighted by Gasteiger charge is 2.26. The lowest BCUT2D eigenvalue weighted by Gasteiger charge is -2.32. The number of benzene rings is 2. The average Bonchev–Trinajstić information content (AvgIpc) is 2.83. The summed E-state index contributed by atoms with van der Waals surface area (Å²) in [5.41, 5.74) is 1.08. The first-order valence-corrected chi connectivity index (χ1v) is 12.9. The number of carbonyl (C=O) groups is 2. The first-order chi connectivity index (χ1) is 16.9. The van der Waals surface area contributed by atoms with Gasteiger partial charge in [0, 0.05) is 38.9 Å². The van der Waals surface area contributed by atoms with E-state index in [0.29, 0.717) is 30.3 Å². The van der Waals surface area contributed by atoms with Crippen molar-refractivity contribution in [3.63, 3.8) is 0 Å². The number of nitrogens with zero attached hydrogens (tertiary/aromatic N) is 3. The Morgan fingerprint density at radius 1 is 1.22 bits per heavy atom. The predicted molar refractivity (Wildman–Crippen MR) is 135 cm³/mol. The summed E-state index contributed by atoms with van der Waals surface area (Å²) in [6.07, 6.45) is 1.99. The van der Waals surface area contributed by atoms with Crippen LogP contribution in [0.15, 0.2) is 41.3 Å². The fourth-order valence-corrected chi connectivity index (χ4v) is 4.91. The van der Waals surface area contributed by atoms with Crippen molar-refractivity contribution in [2.24, 2.45) is 5.92 Å². The van der Waals surface area contributed by atoms with Crippen LogP contribution in [0.4, 0.5) is 17.1 Å². The molecule has 0 aromatic heterocycles. The van der Waals surface area contributed by atoms with E-state index in [4.69, 9.17) is 4.74 Å². The molecule has 1 aliphatic rings. The Balaban J connectivity index is 1.69. The molecule has 1 heterocycles. The number of hydrogen-bond donors (Lipinski definition) is 1. The smallest absolute Gasteiger partial charge is 0.338 e. The van der Waals surface area contributed by atoms with Crippen LogP contribution in [0.2, 0.25) is 0 Å². The molecule has 11 nitrogen and oxygen atoms in total. The number of piperidine rings is 1. The number of carbonyl (C=O) groups excluding carboxylic acids is 2. The van der Waals surface area contributed by atoms with Gasteiger partial charge in [-0.3, -0.25) is 14.9 Å². The summed E-state index contributed by atoms with van der Waals surface area (Å²) in [5, 5.41) is 14.2. The van der Waals surface area contributed by atoms with Crippen molar-refractivity contribution >= 4 is 39.0 Å². The van der Waals surface area contributed by atoms with Crippen molar-refractivity contribution in [2.75, 3.05) is 44.0 Å². The average molecular weight is 519 g/mol. The molecular formula is C24H30N4O7S. The lowest BCUT2D eigenvalue weighted by Crippen LogP contribution is -2.34. The van der Waals surface area contributed by atoms with E-state index in [9.17, 15) is 28.1 Å². The molecule has 36 heavy (non-hydrogen) atoms. The molecule has 1 atom stereocenters. The summed E-state index contributed by atoms with van der Waals surface area (Å²) >= 11 is 0. The third-order valence-corrected chi connectivity index (χ3v) is 7.81. The van der Waals surface area contributed by atoms with Crippen LogP contribution in [0, 0.1) is 23.0 Å². The number of nitrogens with one attached hydrogen (secondary N) is 1.